The number of carbonyl (C=O) groups is 1. The number of carbonyl (C=O) groups excluding carboxylic acids is 1. The van der Waals surface area contributed by atoms with E-state index in [1.54, 1.807) is 22.3 Å². The van der Waals surface area contributed by atoms with Crippen molar-refractivity contribution in [2.45, 2.75) is 25.7 Å². The maximum Gasteiger partial charge on any atom is 0.236 e. The summed E-state index contributed by atoms with van der Waals surface area (Å²) in [7, 11) is -3.48. The third kappa shape index (κ3) is 5.82. The summed E-state index contributed by atoms with van der Waals surface area (Å²) in [6.07, 6.45) is 4.72. The molecule has 0 atom stereocenters. The average Bonchev–Trinajstić information content (AvgIpc) is 3.24. The third-order valence-electron chi connectivity index (χ3n) is 5.55. The molecule has 0 N–H and O–H groups in total. The Morgan fingerprint density at radius 1 is 0.969 bits per heavy atom. The number of hydrogen-bond acceptors (Lipinski definition) is 5. The van der Waals surface area contributed by atoms with Crippen LogP contribution in [0.25, 0.3) is 16.3 Å². The van der Waals surface area contributed by atoms with Gasteiger partial charge in [-0.15, -0.1) is 11.3 Å². The minimum atomic E-state index is -3.48. The van der Waals surface area contributed by atoms with Gasteiger partial charge in [-0.1, -0.05) is 42.5 Å². The second-order valence-electron chi connectivity index (χ2n) is 7.82. The largest absolute Gasteiger partial charge is 0.340 e. The van der Waals surface area contributed by atoms with Gasteiger partial charge in [-0.2, -0.15) is 4.31 Å². The monoisotopic (exact) mass is 469 g/mol. The molecule has 32 heavy (non-hydrogen) atoms. The van der Waals surface area contributed by atoms with Crippen LogP contribution in [0.1, 0.15) is 29.8 Å². The molecule has 1 fully saturated rings. The molecule has 1 aliphatic heterocycles. The van der Waals surface area contributed by atoms with E-state index >= 15 is 0 Å². The first-order chi connectivity index (χ1) is 15.5. The lowest BCUT2D eigenvalue weighted by atomic mass is 10.1. The van der Waals surface area contributed by atoms with Crippen molar-refractivity contribution in [3.8, 4) is 0 Å². The molecular formula is C24H27N3O3S2. The Balaban J connectivity index is 1.19. The number of para-hydroxylation sites is 1. The molecule has 3 aromatic rings. The van der Waals surface area contributed by atoms with E-state index in [2.05, 4.69) is 11.1 Å². The molecule has 6 nitrogen and oxygen atoms in total. The van der Waals surface area contributed by atoms with Crippen LogP contribution in [-0.4, -0.2) is 54.7 Å². The fourth-order valence-corrected chi connectivity index (χ4v) is 5.93. The van der Waals surface area contributed by atoms with Crippen LogP contribution < -0.4 is 0 Å². The number of nitrogens with zero attached hydrogens (tertiary/aromatic N) is 3. The Bertz CT molecular complexity index is 1150. The Labute approximate surface area is 193 Å². The van der Waals surface area contributed by atoms with Crippen molar-refractivity contribution >= 4 is 43.6 Å². The summed E-state index contributed by atoms with van der Waals surface area (Å²) < 4.78 is 27.8. The summed E-state index contributed by atoms with van der Waals surface area (Å²) in [6.45, 7) is 1.54. The normalized spacial score (nSPS) is 15.6. The van der Waals surface area contributed by atoms with E-state index in [1.807, 2.05) is 48.5 Å². The van der Waals surface area contributed by atoms with Crippen molar-refractivity contribution in [2.24, 2.45) is 0 Å². The first kappa shape index (κ1) is 22.6. The highest BCUT2D eigenvalue weighted by atomic mass is 32.2. The SMILES string of the molecule is O=C(CCCCc1nc2ccccc2s1)N1CCN(S(=O)(=O)C=Cc2ccccc2)CC1. The van der Waals surface area contributed by atoms with Gasteiger partial charge in [-0.05, 0) is 43.0 Å². The van der Waals surface area contributed by atoms with Gasteiger partial charge in [0.05, 0.1) is 15.2 Å². The van der Waals surface area contributed by atoms with Crippen LogP contribution in [0.4, 0.5) is 0 Å². The van der Waals surface area contributed by atoms with Crippen molar-refractivity contribution in [3.05, 3.63) is 70.6 Å². The van der Waals surface area contributed by atoms with Crippen molar-refractivity contribution in [2.75, 3.05) is 26.2 Å². The van der Waals surface area contributed by atoms with Gasteiger partial charge in [0.2, 0.25) is 15.9 Å². The van der Waals surface area contributed by atoms with Crippen molar-refractivity contribution in [1.82, 2.24) is 14.2 Å². The Morgan fingerprint density at radius 3 is 2.44 bits per heavy atom. The zero-order valence-electron chi connectivity index (χ0n) is 17.9. The fraction of sp³-hybridized carbons (Fsp3) is 0.333. The summed E-state index contributed by atoms with van der Waals surface area (Å²) in [5.41, 5.74) is 1.88. The summed E-state index contributed by atoms with van der Waals surface area (Å²) in [5.74, 6) is 0.103. The van der Waals surface area contributed by atoms with Crippen LogP contribution >= 0.6 is 11.3 Å². The lowest BCUT2D eigenvalue weighted by Crippen LogP contribution is -2.50. The predicted octanol–water partition coefficient (Wildman–Crippen LogP) is 4.15. The second kappa shape index (κ2) is 10.4. The molecule has 4 rings (SSSR count). The van der Waals surface area contributed by atoms with E-state index < -0.39 is 10.0 Å². The number of rotatable bonds is 8. The number of sulfonamides is 1. The van der Waals surface area contributed by atoms with Crippen LogP contribution in [-0.2, 0) is 21.2 Å². The number of benzene rings is 2. The highest BCUT2D eigenvalue weighted by molar-refractivity contribution is 7.92. The number of unbranched alkanes of at least 4 members (excludes halogenated alkanes) is 1. The van der Waals surface area contributed by atoms with Gasteiger partial charge in [0.25, 0.3) is 0 Å². The summed E-state index contributed by atoms with van der Waals surface area (Å²) >= 11 is 1.71. The van der Waals surface area contributed by atoms with Gasteiger partial charge in [0.1, 0.15) is 0 Å². The first-order valence-electron chi connectivity index (χ1n) is 10.9. The Hall–Kier alpha value is -2.55. The van der Waals surface area contributed by atoms with Crippen molar-refractivity contribution in [1.29, 1.82) is 0 Å². The minimum absolute atomic E-state index is 0.103. The van der Waals surface area contributed by atoms with Crippen molar-refractivity contribution < 1.29 is 13.2 Å². The lowest BCUT2D eigenvalue weighted by Gasteiger charge is -2.33. The van der Waals surface area contributed by atoms with Crippen LogP contribution in [0.2, 0.25) is 0 Å². The molecular weight excluding hydrogens is 442 g/mol. The maximum absolute atomic E-state index is 12.6. The predicted molar refractivity (Wildman–Crippen MR) is 130 cm³/mol. The highest BCUT2D eigenvalue weighted by Gasteiger charge is 2.27. The highest BCUT2D eigenvalue weighted by Crippen LogP contribution is 2.23. The average molecular weight is 470 g/mol. The quantitative estimate of drug-likeness (QED) is 0.465. The molecule has 2 heterocycles. The third-order valence-corrected chi connectivity index (χ3v) is 8.21. The molecule has 1 amide bonds. The van der Waals surface area contributed by atoms with Crippen molar-refractivity contribution in [3.63, 3.8) is 0 Å². The second-order valence-corrected chi connectivity index (χ2v) is 10.8. The molecule has 0 aliphatic carbocycles. The topological polar surface area (TPSA) is 70.6 Å². The van der Waals surface area contributed by atoms with Crippen LogP contribution in [0.15, 0.2) is 60.0 Å². The smallest absolute Gasteiger partial charge is 0.236 e. The number of aryl methyl sites for hydroxylation is 1. The molecule has 0 spiro atoms. The van der Waals surface area contributed by atoms with Gasteiger partial charge in [0, 0.05) is 38.0 Å². The molecule has 1 aromatic heterocycles. The molecule has 1 aliphatic rings. The van der Waals surface area contributed by atoms with Gasteiger partial charge in [-0.3, -0.25) is 4.79 Å². The molecule has 1 saturated heterocycles. The maximum atomic E-state index is 12.6. The van der Waals surface area contributed by atoms with E-state index in [0.717, 1.165) is 35.4 Å². The number of thiazole rings is 1. The molecule has 168 valence electrons. The molecule has 0 unspecified atom stereocenters. The standard InChI is InChI=1S/C24H27N3O3S2/c28-24(13-7-6-12-23-25-21-10-4-5-11-22(21)31-23)26-15-17-27(18-16-26)32(29,30)19-14-20-8-2-1-3-9-20/h1-5,8-11,14,19H,6-7,12-13,15-18H2. The number of fused-ring (bicyclic) bond motifs is 1. The van der Waals surface area contributed by atoms with Crippen LogP contribution in [0.5, 0.6) is 0 Å². The van der Waals surface area contributed by atoms with Crippen LogP contribution in [0.3, 0.4) is 0 Å². The van der Waals surface area contributed by atoms with Crippen LogP contribution in [0, 0.1) is 0 Å². The molecule has 8 heteroatoms. The number of hydrogen-bond donors (Lipinski definition) is 0. The van der Waals surface area contributed by atoms with Gasteiger partial charge < -0.3 is 4.90 Å². The Kier molecular flexibility index (Phi) is 7.34. The summed E-state index contributed by atoms with van der Waals surface area (Å²) in [5, 5.41) is 2.36. The molecule has 2 aromatic carbocycles. The van der Waals surface area contributed by atoms with E-state index in [0.29, 0.717) is 32.6 Å². The Morgan fingerprint density at radius 2 is 1.69 bits per heavy atom. The summed E-state index contributed by atoms with van der Waals surface area (Å²) in [6, 6.07) is 17.5. The van der Waals surface area contributed by atoms with Gasteiger partial charge >= 0.3 is 0 Å². The van der Waals surface area contributed by atoms with E-state index in [4.69, 9.17) is 0 Å². The van der Waals surface area contributed by atoms with E-state index in [1.165, 1.54) is 14.4 Å². The number of piperazine rings is 1. The van der Waals surface area contributed by atoms with Gasteiger partial charge in [0.15, 0.2) is 0 Å². The molecule has 0 radical (unpaired) electrons. The molecule has 0 bridgehead atoms. The van der Waals surface area contributed by atoms with Gasteiger partial charge in [-0.25, -0.2) is 13.4 Å². The number of amides is 1. The minimum Gasteiger partial charge on any atom is -0.340 e. The van der Waals surface area contributed by atoms with E-state index in [9.17, 15) is 13.2 Å². The first-order valence-corrected chi connectivity index (χ1v) is 13.2. The fourth-order valence-electron chi connectivity index (χ4n) is 3.74. The zero-order valence-corrected chi connectivity index (χ0v) is 19.5. The zero-order chi connectivity index (χ0) is 22.4. The summed E-state index contributed by atoms with van der Waals surface area (Å²) in [4.78, 5) is 19.0. The molecule has 0 saturated carbocycles. The number of aromatic nitrogens is 1. The van der Waals surface area contributed by atoms with E-state index in [-0.39, 0.29) is 5.91 Å². The lowest BCUT2D eigenvalue weighted by molar-refractivity contribution is -0.132.